The minimum absolute atomic E-state index is 0.778. The summed E-state index contributed by atoms with van der Waals surface area (Å²) in [5, 5.41) is 0. The third-order valence-electron chi connectivity index (χ3n) is 4.20. The van der Waals surface area contributed by atoms with Crippen LogP contribution in [0.1, 0.15) is 25.7 Å². The maximum atomic E-state index is 5.54. The molecule has 3 heterocycles. The van der Waals surface area contributed by atoms with Gasteiger partial charge in [0.15, 0.2) is 17.5 Å². The Hall–Kier alpha value is -2.41. The first-order valence-electron chi connectivity index (χ1n) is 8.43. The lowest BCUT2D eigenvalue weighted by atomic mass is 10.2. The van der Waals surface area contributed by atoms with Gasteiger partial charge in [-0.1, -0.05) is 12.8 Å². The summed E-state index contributed by atoms with van der Waals surface area (Å²) in [5.74, 6) is 2.60. The summed E-state index contributed by atoms with van der Waals surface area (Å²) in [7, 11) is 3.96. The molecular formula is C17H25N7. The molecule has 7 heteroatoms. The lowest BCUT2D eigenvalue weighted by molar-refractivity contribution is 0.577. The Morgan fingerprint density at radius 2 is 1.62 bits per heavy atom. The van der Waals surface area contributed by atoms with Gasteiger partial charge in [0, 0.05) is 51.6 Å². The summed E-state index contributed by atoms with van der Waals surface area (Å²) >= 11 is 0. The molecule has 0 saturated carbocycles. The molecule has 0 atom stereocenters. The highest BCUT2D eigenvalue weighted by Gasteiger charge is 2.15. The van der Waals surface area contributed by atoms with Crippen LogP contribution in [0.2, 0.25) is 0 Å². The Kier molecular flexibility index (Phi) is 5.10. The van der Waals surface area contributed by atoms with Crippen LogP contribution in [0.5, 0.6) is 0 Å². The molecule has 0 spiro atoms. The van der Waals surface area contributed by atoms with Gasteiger partial charge < -0.3 is 19.4 Å². The summed E-state index contributed by atoms with van der Waals surface area (Å²) < 4.78 is 6.14. The minimum atomic E-state index is 0.778. The van der Waals surface area contributed by atoms with Crippen molar-refractivity contribution in [3.63, 3.8) is 0 Å². The van der Waals surface area contributed by atoms with E-state index in [0.29, 0.717) is 0 Å². The zero-order valence-corrected chi connectivity index (χ0v) is 14.4. The third-order valence-corrected chi connectivity index (χ3v) is 4.20. The zero-order valence-electron chi connectivity index (χ0n) is 14.4. The third kappa shape index (κ3) is 3.41. The maximum absolute atomic E-state index is 5.54. The van der Waals surface area contributed by atoms with E-state index in [2.05, 4.69) is 14.5 Å². The van der Waals surface area contributed by atoms with Gasteiger partial charge in [-0.3, -0.25) is 0 Å². The van der Waals surface area contributed by atoms with Crippen LogP contribution < -0.4 is 5.73 Å². The average Bonchev–Trinajstić information content (AvgIpc) is 3.27. The van der Waals surface area contributed by atoms with E-state index in [1.165, 1.54) is 12.8 Å². The highest BCUT2D eigenvalue weighted by Crippen LogP contribution is 2.22. The van der Waals surface area contributed by atoms with Gasteiger partial charge in [-0.25, -0.2) is 15.0 Å². The number of hydrogen-bond acceptors (Lipinski definition) is 4. The molecule has 2 N–H and O–H groups in total. The standard InChI is InChI=1S/C17H25N7/c1-22-11-8-20-16(22)17-21-14(13-23(17)2)15-19-9-12-24(15)10-6-4-3-5-7-18/h8-9,11-13H,3-7,10,18H2,1-2H3. The predicted octanol–water partition coefficient (Wildman–Crippen LogP) is 2.20. The quantitative estimate of drug-likeness (QED) is 0.643. The SMILES string of the molecule is Cn1ccnc1-c1nc(-c2nccn2CCCCCCN)cn1C. The van der Waals surface area contributed by atoms with Gasteiger partial charge in [0.25, 0.3) is 0 Å². The van der Waals surface area contributed by atoms with E-state index in [0.717, 1.165) is 49.1 Å². The number of unbranched alkanes of at least 4 members (excludes halogenated alkanes) is 3. The van der Waals surface area contributed by atoms with Crippen molar-refractivity contribution >= 4 is 0 Å². The Morgan fingerprint density at radius 1 is 0.875 bits per heavy atom. The molecule has 24 heavy (non-hydrogen) atoms. The largest absolute Gasteiger partial charge is 0.331 e. The van der Waals surface area contributed by atoms with Gasteiger partial charge in [0.1, 0.15) is 5.69 Å². The lowest BCUT2D eigenvalue weighted by Crippen LogP contribution is -2.01. The first-order chi connectivity index (χ1) is 11.7. The van der Waals surface area contributed by atoms with Crippen LogP contribution in [0, 0.1) is 0 Å². The Morgan fingerprint density at radius 3 is 2.38 bits per heavy atom. The number of nitrogens with two attached hydrogens (primary N) is 1. The molecule has 0 radical (unpaired) electrons. The average molecular weight is 327 g/mol. The Bertz CT molecular complexity index is 781. The van der Waals surface area contributed by atoms with Crippen molar-refractivity contribution in [2.75, 3.05) is 6.54 Å². The minimum Gasteiger partial charge on any atom is -0.331 e. The van der Waals surface area contributed by atoms with Crippen LogP contribution in [0.25, 0.3) is 23.2 Å². The molecular weight excluding hydrogens is 302 g/mol. The highest BCUT2D eigenvalue weighted by atomic mass is 15.2. The van der Waals surface area contributed by atoms with E-state index in [4.69, 9.17) is 10.7 Å². The van der Waals surface area contributed by atoms with Crippen molar-refractivity contribution in [2.45, 2.75) is 32.2 Å². The first kappa shape index (κ1) is 16.4. The molecule has 0 unspecified atom stereocenters. The van der Waals surface area contributed by atoms with Crippen molar-refractivity contribution < 1.29 is 0 Å². The molecule has 3 aromatic rings. The van der Waals surface area contributed by atoms with Gasteiger partial charge in [-0.2, -0.15) is 0 Å². The fourth-order valence-electron chi connectivity index (χ4n) is 2.87. The summed E-state index contributed by atoms with van der Waals surface area (Å²) in [6.45, 7) is 1.73. The number of aromatic nitrogens is 6. The van der Waals surface area contributed by atoms with E-state index in [-0.39, 0.29) is 0 Å². The summed E-state index contributed by atoms with van der Waals surface area (Å²) in [4.78, 5) is 13.6. The molecule has 0 aromatic carbocycles. The molecule has 0 aliphatic rings. The second kappa shape index (κ2) is 7.44. The predicted molar refractivity (Wildman–Crippen MR) is 94.2 cm³/mol. The van der Waals surface area contributed by atoms with Crippen molar-refractivity contribution in [1.29, 1.82) is 0 Å². The molecule has 0 saturated heterocycles. The first-order valence-corrected chi connectivity index (χ1v) is 8.43. The monoisotopic (exact) mass is 327 g/mol. The summed E-state index contributed by atoms with van der Waals surface area (Å²) in [6, 6.07) is 0. The molecule has 0 fully saturated rings. The highest BCUT2D eigenvalue weighted by molar-refractivity contribution is 5.56. The van der Waals surface area contributed by atoms with E-state index in [9.17, 15) is 0 Å². The molecule has 128 valence electrons. The van der Waals surface area contributed by atoms with Crippen LogP contribution in [-0.2, 0) is 20.6 Å². The van der Waals surface area contributed by atoms with E-state index < -0.39 is 0 Å². The molecule has 3 rings (SSSR count). The number of hydrogen-bond donors (Lipinski definition) is 1. The summed E-state index contributed by atoms with van der Waals surface area (Å²) in [6.07, 6.45) is 14.2. The van der Waals surface area contributed by atoms with Gasteiger partial charge in [0.05, 0.1) is 0 Å². The normalized spacial score (nSPS) is 11.3. The Balaban J connectivity index is 1.76. The zero-order chi connectivity index (χ0) is 16.9. The van der Waals surface area contributed by atoms with E-state index >= 15 is 0 Å². The smallest absolute Gasteiger partial charge is 0.176 e. The van der Waals surface area contributed by atoms with Gasteiger partial charge in [-0.05, 0) is 19.4 Å². The van der Waals surface area contributed by atoms with Crippen molar-refractivity contribution in [2.24, 2.45) is 19.8 Å². The van der Waals surface area contributed by atoms with Gasteiger partial charge >= 0.3 is 0 Å². The van der Waals surface area contributed by atoms with E-state index in [1.54, 1.807) is 6.20 Å². The molecule has 3 aromatic heterocycles. The van der Waals surface area contributed by atoms with Gasteiger partial charge in [0.2, 0.25) is 0 Å². The number of nitrogens with zero attached hydrogens (tertiary/aromatic N) is 6. The van der Waals surface area contributed by atoms with Crippen molar-refractivity contribution in [3.8, 4) is 23.2 Å². The van der Waals surface area contributed by atoms with Crippen molar-refractivity contribution in [3.05, 3.63) is 31.0 Å². The van der Waals surface area contributed by atoms with Crippen LogP contribution in [0.3, 0.4) is 0 Å². The number of rotatable bonds is 8. The second-order valence-corrected chi connectivity index (χ2v) is 6.07. The number of imidazole rings is 3. The summed E-state index contributed by atoms with van der Waals surface area (Å²) in [5.41, 5.74) is 6.42. The molecule has 7 nitrogen and oxygen atoms in total. The van der Waals surface area contributed by atoms with Crippen molar-refractivity contribution in [1.82, 2.24) is 28.7 Å². The second-order valence-electron chi connectivity index (χ2n) is 6.07. The fraction of sp³-hybridized carbons (Fsp3) is 0.471. The van der Waals surface area contributed by atoms with Gasteiger partial charge in [-0.15, -0.1) is 0 Å². The Labute approximate surface area is 142 Å². The topological polar surface area (TPSA) is 79.5 Å². The van der Waals surface area contributed by atoms with E-state index in [1.807, 2.05) is 48.0 Å². The fourth-order valence-corrected chi connectivity index (χ4v) is 2.87. The lowest BCUT2D eigenvalue weighted by Gasteiger charge is -2.05. The number of aryl methyl sites for hydroxylation is 3. The van der Waals surface area contributed by atoms with Crippen LogP contribution in [0.15, 0.2) is 31.0 Å². The molecule has 0 aliphatic heterocycles. The van der Waals surface area contributed by atoms with Crippen LogP contribution >= 0.6 is 0 Å². The maximum Gasteiger partial charge on any atom is 0.176 e. The molecule has 0 amide bonds. The molecule has 0 aliphatic carbocycles. The van der Waals surface area contributed by atoms with Crippen LogP contribution in [0.4, 0.5) is 0 Å². The molecule has 0 bridgehead atoms. The van der Waals surface area contributed by atoms with Crippen LogP contribution in [-0.4, -0.2) is 35.2 Å².